The highest BCUT2D eigenvalue weighted by Gasteiger charge is 2.32. The molecule has 0 radical (unpaired) electrons. The highest BCUT2D eigenvalue weighted by Crippen LogP contribution is 2.38. The van der Waals surface area contributed by atoms with Crippen LogP contribution in [0.4, 0.5) is 0 Å². The number of ether oxygens (including phenoxy) is 3. The Kier molecular flexibility index (Phi) is 8.27. The molecule has 0 aliphatic heterocycles. The van der Waals surface area contributed by atoms with Gasteiger partial charge in [0, 0.05) is 24.7 Å². The number of hydrogen-bond acceptors (Lipinski definition) is 6. The van der Waals surface area contributed by atoms with Crippen LogP contribution in [0.1, 0.15) is 25.7 Å². The summed E-state index contributed by atoms with van der Waals surface area (Å²) in [5.74, 6) is 1.05. The van der Waals surface area contributed by atoms with Crippen LogP contribution in [-0.2, 0) is 10.0 Å². The molecule has 0 amide bonds. The van der Waals surface area contributed by atoms with E-state index in [2.05, 4.69) is 4.72 Å². The van der Waals surface area contributed by atoms with E-state index in [1.54, 1.807) is 0 Å². The fourth-order valence-corrected chi connectivity index (χ4v) is 4.81. The molecule has 1 atom stereocenters. The van der Waals surface area contributed by atoms with Gasteiger partial charge in [-0.15, -0.1) is 12.4 Å². The van der Waals surface area contributed by atoms with Gasteiger partial charge >= 0.3 is 0 Å². The summed E-state index contributed by atoms with van der Waals surface area (Å²) >= 11 is 0. The molecule has 25 heavy (non-hydrogen) atoms. The lowest BCUT2D eigenvalue weighted by molar-refractivity contribution is 0.356. The maximum atomic E-state index is 12.9. The van der Waals surface area contributed by atoms with Crippen molar-refractivity contribution in [2.75, 3.05) is 27.9 Å². The zero-order chi connectivity index (χ0) is 17.7. The maximum Gasteiger partial charge on any atom is 0.248 e. The van der Waals surface area contributed by atoms with E-state index in [9.17, 15) is 8.42 Å². The molecule has 1 fully saturated rings. The number of rotatable bonds is 8. The Labute approximate surface area is 155 Å². The summed E-state index contributed by atoms with van der Waals surface area (Å²) in [6, 6.07) is 2.74. The molecule has 0 heterocycles. The second-order valence-electron chi connectivity index (χ2n) is 5.87. The molecule has 0 aromatic heterocycles. The minimum Gasteiger partial charge on any atom is -0.496 e. The fraction of sp³-hybridized carbons (Fsp3) is 0.625. The molecule has 1 aromatic carbocycles. The topological polar surface area (TPSA) is 99.9 Å². The van der Waals surface area contributed by atoms with Gasteiger partial charge in [0.15, 0.2) is 4.90 Å². The van der Waals surface area contributed by atoms with Crippen molar-refractivity contribution in [3.63, 3.8) is 0 Å². The molecule has 1 aliphatic carbocycles. The van der Waals surface area contributed by atoms with Crippen LogP contribution in [0.5, 0.6) is 17.2 Å². The molecule has 2 rings (SSSR count). The molecule has 144 valence electrons. The van der Waals surface area contributed by atoms with Crippen molar-refractivity contribution in [2.45, 2.75) is 36.6 Å². The predicted molar refractivity (Wildman–Crippen MR) is 98.5 cm³/mol. The van der Waals surface area contributed by atoms with Gasteiger partial charge in [-0.3, -0.25) is 0 Å². The van der Waals surface area contributed by atoms with Crippen molar-refractivity contribution in [3.8, 4) is 17.2 Å². The number of benzene rings is 1. The van der Waals surface area contributed by atoms with E-state index in [0.717, 1.165) is 25.7 Å². The zero-order valence-corrected chi connectivity index (χ0v) is 16.4. The molecule has 3 N–H and O–H groups in total. The van der Waals surface area contributed by atoms with Gasteiger partial charge < -0.3 is 19.9 Å². The molecule has 7 nitrogen and oxygen atoms in total. The van der Waals surface area contributed by atoms with E-state index in [0.29, 0.717) is 5.75 Å². The molecular formula is C16H27ClN2O5S. The van der Waals surface area contributed by atoms with E-state index >= 15 is 0 Å². The van der Waals surface area contributed by atoms with E-state index in [4.69, 9.17) is 19.9 Å². The third-order valence-electron chi connectivity index (χ3n) is 4.47. The van der Waals surface area contributed by atoms with Crippen LogP contribution in [0.15, 0.2) is 17.0 Å². The van der Waals surface area contributed by atoms with Crippen LogP contribution in [0.3, 0.4) is 0 Å². The van der Waals surface area contributed by atoms with Gasteiger partial charge in [-0.05, 0) is 18.8 Å². The van der Waals surface area contributed by atoms with Crippen molar-refractivity contribution in [1.82, 2.24) is 4.72 Å². The van der Waals surface area contributed by atoms with Crippen molar-refractivity contribution in [2.24, 2.45) is 11.7 Å². The van der Waals surface area contributed by atoms with E-state index in [-0.39, 0.29) is 47.3 Å². The fourth-order valence-electron chi connectivity index (χ4n) is 3.19. The second kappa shape index (κ2) is 9.47. The van der Waals surface area contributed by atoms with Crippen LogP contribution < -0.4 is 24.7 Å². The number of hydrogen-bond donors (Lipinski definition) is 2. The third kappa shape index (κ3) is 4.91. The Morgan fingerprint density at radius 3 is 2.04 bits per heavy atom. The zero-order valence-electron chi connectivity index (χ0n) is 14.8. The maximum absolute atomic E-state index is 12.9. The first kappa shape index (κ1) is 21.8. The van der Waals surface area contributed by atoms with Crippen molar-refractivity contribution >= 4 is 22.4 Å². The lowest BCUT2D eigenvalue weighted by Crippen LogP contribution is -2.44. The number of nitrogens with one attached hydrogen (secondary N) is 1. The van der Waals surface area contributed by atoms with Gasteiger partial charge in [0.2, 0.25) is 10.0 Å². The van der Waals surface area contributed by atoms with E-state index in [1.807, 2.05) is 0 Å². The largest absolute Gasteiger partial charge is 0.496 e. The van der Waals surface area contributed by atoms with Crippen LogP contribution >= 0.6 is 12.4 Å². The minimum atomic E-state index is -3.86. The summed E-state index contributed by atoms with van der Waals surface area (Å²) in [5, 5.41) is 0. The van der Waals surface area contributed by atoms with Crippen LogP contribution in [0, 0.1) is 5.92 Å². The van der Waals surface area contributed by atoms with Gasteiger partial charge in [-0.1, -0.05) is 12.8 Å². The molecule has 0 bridgehead atoms. The van der Waals surface area contributed by atoms with Gasteiger partial charge in [0.1, 0.15) is 17.2 Å². The third-order valence-corrected chi connectivity index (χ3v) is 6.02. The Morgan fingerprint density at radius 1 is 1.12 bits per heavy atom. The summed E-state index contributed by atoms with van der Waals surface area (Å²) in [6.45, 7) is 0.255. The second-order valence-corrected chi connectivity index (χ2v) is 7.52. The molecule has 1 aromatic rings. The van der Waals surface area contributed by atoms with Gasteiger partial charge in [-0.2, -0.15) is 0 Å². The molecule has 0 saturated heterocycles. The Hall–Kier alpha value is -1.22. The van der Waals surface area contributed by atoms with Gasteiger partial charge in [0.05, 0.1) is 21.3 Å². The number of halogens is 1. The first-order chi connectivity index (χ1) is 11.5. The lowest BCUT2D eigenvalue weighted by Gasteiger charge is -2.24. The average molecular weight is 395 g/mol. The molecule has 1 aliphatic rings. The SMILES string of the molecule is COc1cc(OC)c(S(=O)(=O)NC(CN)C2CCCC2)c(OC)c1.Cl. The highest BCUT2D eigenvalue weighted by atomic mass is 35.5. The summed E-state index contributed by atoms with van der Waals surface area (Å²) in [4.78, 5) is -0.0373. The first-order valence-electron chi connectivity index (χ1n) is 7.99. The molecule has 0 spiro atoms. The number of sulfonamides is 1. The summed E-state index contributed by atoms with van der Waals surface area (Å²) < 4.78 is 44.3. The number of nitrogens with two attached hydrogens (primary N) is 1. The first-order valence-corrected chi connectivity index (χ1v) is 9.47. The quantitative estimate of drug-likeness (QED) is 0.698. The smallest absolute Gasteiger partial charge is 0.248 e. The Bertz CT molecular complexity index is 637. The minimum absolute atomic E-state index is 0. The van der Waals surface area contributed by atoms with E-state index in [1.165, 1.54) is 33.5 Å². The van der Waals surface area contributed by atoms with Crippen LogP contribution in [0.25, 0.3) is 0 Å². The standard InChI is InChI=1S/C16H26N2O5S.ClH/c1-21-12-8-14(22-2)16(15(9-12)23-3)24(19,20)18-13(10-17)11-6-4-5-7-11;/h8-9,11,13,18H,4-7,10,17H2,1-3H3;1H. The monoisotopic (exact) mass is 394 g/mol. The Morgan fingerprint density at radius 2 is 1.64 bits per heavy atom. The lowest BCUT2D eigenvalue weighted by atomic mass is 9.99. The van der Waals surface area contributed by atoms with Gasteiger partial charge in [0.25, 0.3) is 0 Å². The average Bonchev–Trinajstić information content (AvgIpc) is 3.12. The molecule has 1 unspecified atom stereocenters. The van der Waals surface area contributed by atoms with Gasteiger partial charge in [-0.25, -0.2) is 13.1 Å². The summed E-state index contributed by atoms with van der Waals surface area (Å²) in [7, 11) is 0.451. The van der Waals surface area contributed by atoms with E-state index < -0.39 is 10.0 Å². The number of methoxy groups -OCH3 is 3. The Balaban J connectivity index is 0.00000312. The predicted octanol–water partition coefficient (Wildman–Crippen LogP) is 1.93. The molecule has 9 heteroatoms. The van der Waals surface area contributed by atoms with Crippen molar-refractivity contribution in [1.29, 1.82) is 0 Å². The molecular weight excluding hydrogens is 368 g/mol. The van der Waals surface area contributed by atoms with Crippen molar-refractivity contribution < 1.29 is 22.6 Å². The van der Waals surface area contributed by atoms with Crippen LogP contribution in [-0.4, -0.2) is 42.3 Å². The summed E-state index contributed by atoms with van der Waals surface area (Å²) in [6.07, 6.45) is 4.19. The normalized spacial score (nSPS) is 16.2. The van der Waals surface area contributed by atoms with Crippen molar-refractivity contribution in [3.05, 3.63) is 12.1 Å². The summed E-state index contributed by atoms with van der Waals surface area (Å²) in [5.41, 5.74) is 5.82. The highest BCUT2D eigenvalue weighted by molar-refractivity contribution is 7.89. The molecule has 1 saturated carbocycles. The van der Waals surface area contributed by atoms with Crippen LogP contribution in [0.2, 0.25) is 0 Å².